The molecule has 17 heavy (non-hydrogen) atoms. The summed E-state index contributed by atoms with van der Waals surface area (Å²) in [7, 11) is 0. The lowest BCUT2D eigenvalue weighted by molar-refractivity contribution is 0.231. The summed E-state index contributed by atoms with van der Waals surface area (Å²) in [4.78, 5) is 4.64. The SMILES string of the molecule is Cc1cccc(N2CCN([C@@H](C)C#N)CC2)c1. The number of hydrogen-bond acceptors (Lipinski definition) is 3. The molecule has 0 N–H and O–H groups in total. The lowest BCUT2D eigenvalue weighted by atomic mass is 10.2. The topological polar surface area (TPSA) is 30.3 Å². The van der Waals surface area contributed by atoms with E-state index in [1.165, 1.54) is 11.3 Å². The van der Waals surface area contributed by atoms with Crippen molar-refractivity contribution in [3.8, 4) is 6.07 Å². The van der Waals surface area contributed by atoms with Gasteiger partial charge in [0.05, 0.1) is 12.1 Å². The standard InChI is InChI=1S/C14H19N3/c1-12-4-3-5-14(10-12)17-8-6-16(7-9-17)13(2)11-15/h3-5,10,13H,6-9H2,1-2H3/t13-/m0/s1. The number of anilines is 1. The largest absolute Gasteiger partial charge is 0.369 e. The molecule has 0 aromatic heterocycles. The third-order valence-corrected chi connectivity index (χ3v) is 3.42. The Labute approximate surface area is 103 Å². The second kappa shape index (κ2) is 5.20. The van der Waals surface area contributed by atoms with Gasteiger partial charge >= 0.3 is 0 Å². The zero-order valence-electron chi connectivity index (χ0n) is 10.6. The van der Waals surface area contributed by atoms with Gasteiger partial charge in [0.1, 0.15) is 0 Å². The molecule has 1 aliphatic rings. The van der Waals surface area contributed by atoms with Crippen LogP contribution in [0.15, 0.2) is 24.3 Å². The van der Waals surface area contributed by atoms with Crippen LogP contribution in [-0.2, 0) is 0 Å². The maximum Gasteiger partial charge on any atom is 0.0950 e. The van der Waals surface area contributed by atoms with E-state index >= 15 is 0 Å². The molecular formula is C14H19N3. The van der Waals surface area contributed by atoms with Crippen LogP contribution < -0.4 is 4.90 Å². The van der Waals surface area contributed by atoms with E-state index in [0.29, 0.717) is 0 Å². The van der Waals surface area contributed by atoms with Crippen LogP contribution in [0, 0.1) is 18.3 Å². The first-order valence-electron chi connectivity index (χ1n) is 6.16. The molecule has 0 aliphatic carbocycles. The molecule has 3 heteroatoms. The predicted molar refractivity (Wildman–Crippen MR) is 70.0 cm³/mol. The molecule has 1 aliphatic heterocycles. The molecule has 0 bridgehead atoms. The van der Waals surface area contributed by atoms with E-state index in [1.807, 2.05) is 6.92 Å². The minimum atomic E-state index is 0.0367. The highest BCUT2D eigenvalue weighted by molar-refractivity contribution is 5.48. The van der Waals surface area contributed by atoms with Crippen LogP contribution in [0.1, 0.15) is 12.5 Å². The van der Waals surface area contributed by atoms with E-state index in [1.54, 1.807) is 0 Å². The summed E-state index contributed by atoms with van der Waals surface area (Å²) in [5.41, 5.74) is 2.60. The van der Waals surface area contributed by atoms with Crippen molar-refractivity contribution in [3.63, 3.8) is 0 Å². The third kappa shape index (κ3) is 2.78. The molecule has 1 heterocycles. The minimum absolute atomic E-state index is 0.0367. The van der Waals surface area contributed by atoms with Gasteiger partial charge in [-0.3, -0.25) is 4.90 Å². The summed E-state index contributed by atoms with van der Waals surface area (Å²) < 4.78 is 0. The van der Waals surface area contributed by atoms with Gasteiger partial charge in [0.25, 0.3) is 0 Å². The molecule has 1 atom stereocenters. The highest BCUT2D eigenvalue weighted by atomic mass is 15.3. The number of nitriles is 1. The van der Waals surface area contributed by atoms with Crippen molar-refractivity contribution in [2.45, 2.75) is 19.9 Å². The molecule has 0 unspecified atom stereocenters. The Balaban J connectivity index is 1.98. The van der Waals surface area contributed by atoms with Gasteiger partial charge in [-0.1, -0.05) is 12.1 Å². The number of rotatable bonds is 2. The smallest absolute Gasteiger partial charge is 0.0950 e. The fourth-order valence-corrected chi connectivity index (χ4v) is 2.27. The average Bonchev–Trinajstić information content (AvgIpc) is 2.38. The predicted octanol–water partition coefficient (Wildman–Crippen LogP) is 2.03. The Morgan fingerprint density at radius 2 is 1.94 bits per heavy atom. The Hall–Kier alpha value is -1.53. The molecule has 0 spiro atoms. The van der Waals surface area contributed by atoms with Gasteiger partial charge < -0.3 is 4.90 Å². The molecule has 1 saturated heterocycles. The summed E-state index contributed by atoms with van der Waals surface area (Å²) in [6.45, 7) is 8.07. The van der Waals surface area contributed by atoms with Gasteiger partial charge in [0, 0.05) is 31.9 Å². The Kier molecular flexibility index (Phi) is 3.65. The third-order valence-electron chi connectivity index (χ3n) is 3.42. The zero-order chi connectivity index (χ0) is 12.3. The Bertz CT molecular complexity index is 414. The van der Waals surface area contributed by atoms with Gasteiger partial charge in [-0.2, -0.15) is 5.26 Å². The quantitative estimate of drug-likeness (QED) is 0.777. The van der Waals surface area contributed by atoms with Crippen LogP contribution in [0.3, 0.4) is 0 Å². The van der Waals surface area contributed by atoms with E-state index in [4.69, 9.17) is 5.26 Å². The summed E-state index contributed by atoms with van der Waals surface area (Å²) in [6, 6.07) is 11.0. The fraction of sp³-hybridized carbons (Fsp3) is 0.500. The van der Waals surface area contributed by atoms with Crippen LogP contribution in [0.4, 0.5) is 5.69 Å². The molecule has 90 valence electrons. The van der Waals surface area contributed by atoms with Gasteiger partial charge in [0.15, 0.2) is 0 Å². The molecule has 2 rings (SSSR count). The molecule has 1 fully saturated rings. The lowest BCUT2D eigenvalue weighted by Gasteiger charge is -2.37. The van der Waals surface area contributed by atoms with E-state index in [0.717, 1.165) is 26.2 Å². The normalized spacial score (nSPS) is 18.8. The van der Waals surface area contributed by atoms with Gasteiger partial charge in [-0.25, -0.2) is 0 Å². The highest BCUT2D eigenvalue weighted by Crippen LogP contribution is 2.18. The van der Waals surface area contributed by atoms with Crippen molar-refractivity contribution in [2.24, 2.45) is 0 Å². The number of piperazine rings is 1. The van der Waals surface area contributed by atoms with E-state index < -0.39 is 0 Å². The fourth-order valence-electron chi connectivity index (χ4n) is 2.27. The van der Waals surface area contributed by atoms with Crippen LogP contribution >= 0.6 is 0 Å². The molecule has 3 nitrogen and oxygen atoms in total. The molecule has 0 radical (unpaired) electrons. The summed E-state index contributed by atoms with van der Waals surface area (Å²) in [5.74, 6) is 0. The Morgan fingerprint density at radius 1 is 1.24 bits per heavy atom. The second-order valence-electron chi connectivity index (χ2n) is 4.67. The van der Waals surface area contributed by atoms with Crippen LogP contribution in [0.5, 0.6) is 0 Å². The number of aryl methyl sites for hydroxylation is 1. The van der Waals surface area contributed by atoms with E-state index in [-0.39, 0.29) is 6.04 Å². The first kappa shape index (κ1) is 11.9. The first-order chi connectivity index (χ1) is 8.20. The number of nitrogens with zero attached hydrogens (tertiary/aromatic N) is 3. The first-order valence-corrected chi connectivity index (χ1v) is 6.16. The van der Waals surface area contributed by atoms with Crippen LogP contribution in [-0.4, -0.2) is 37.1 Å². The summed E-state index contributed by atoms with van der Waals surface area (Å²) >= 11 is 0. The summed E-state index contributed by atoms with van der Waals surface area (Å²) in [6.07, 6.45) is 0. The van der Waals surface area contributed by atoms with Crippen molar-refractivity contribution in [1.29, 1.82) is 5.26 Å². The van der Waals surface area contributed by atoms with Crippen molar-refractivity contribution < 1.29 is 0 Å². The van der Waals surface area contributed by atoms with Crippen LogP contribution in [0.25, 0.3) is 0 Å². The molecule has 1 aromatic rings. The maximum atomic E-state index is 8.90. The molecular weight excluding hydrogens is 210 g/mol. The van der Waals surface area contributed by atoms with Crippen molar-refractivity contribution in [1.82, 2.24) is 4.90 Å². The zero-order valence-corrected chi connectivity index (χ0v) is 10.6. The lowest BCUT2D eigenvalue weighted by Crippen LogP contribution is -2.49. The van der Waals surface area contributed by atoms with Gasteiger partial charge in [0.2, 0.25) is 0 Å². The van der Waals surface area contributed by atoms with Gasteiger partial charge in [-0.15, -0.1) is 0 Å². The van der Waals surface area contributed by atoms with Crippen LogP contribution in [0.2, 0.25) is 0 Å². The molecule has 0 saturated carbocycles. The number of hydrogen-bond donors (Lipinski definition) is 0. The monoisotopic (exact) mass is 229 g/mol. The minimum Gasteiger partial charge on any atom is -0.369 e. The van der Waals surface area contributed by atoms with Crippen molar-refractivity contribution in [2.75, 3.05) is 31.1 Å². The van der Waals surface area contributed by atoms with Crippen molar-refractivity contribution >= 4 is 5.69 Å². The molecule has 0 amide bonds. The van der Waals surface area contributed by atoms with Crippen molar-refractivity contribution in [3.05, 3.63) is 29.8 Å². The van der Waals surface area contributed by atoms with E-state index in [2.05, 4.69) is 47.1 Å². The Morgan fingerprint density at radius 3 is 2.53 bits per heavy atom. The molecule has 1 aromatic carbocycles. The highest BCUT2D eigenvalue weighted by Gasteiger charge is 2.20. The van der Waals surface area contributed by atoms with E-state index in [9.17, 15) is 0 Å². The maximum absolute atomic E-state index is 8.90. The number of benzene rings is 1. The van der Waals surface area contributed by atoms with Gasteiger partial charge in [-0.05, 0) is 31.5 Å². The summed E-state index contributed by atoms with van der Waals surface area (Å²) in [5, 5.41) is 8.90. The average molecular weight is 229 g/mol. The second-order valence-corrected chi connectivity index (χ2v) is 4.67.